The van der Waals surface area contributed by atoms with Crippen LogP contribution in [0, 0.1) is 17.2 Å². The lowest BCUT2D eigenvalue weighted by atomic mass is 10.0. The Morgan fingerprint density at radius 2 is 2.06 bits per heavy atom. The molecule has 86 valence electrons. The number of halogens is 2. The van der Waals surface area contributed by atoms with Crippen molar-refractivity contribution in [1.29, 1.82) is 5.26 Å². The minimum atomic E-state index is -0.223. The van der Waals surface area contributed by atoms with Crippen LogP contribution in [0.15, 0.2) is 18.2 Å². The average Bonchev–Trinajstić information content (AvgIpc) is 2.20. The molecule has 4 heteroatoms. The van der Waals surface area contributed by atoms with Gasteiger partial charge in [-0.2, -0.15) is 5.26 Å². The number of hydrogen-bond donors (Lipinski definition) is 1. The molecule has 1 atom stereocenters. The van der Waals surface area contributed by atoms with E-state index in [0.717, 1.165) is 12.1 Å². The van der Waals surface area contributed by atoms with Crippen LogP contribution in [0.1, 0.15) is 20.3 Å². The van der Waals surface area contributed by atoms with Gasteiger partial charge in [0.2, 0.25) is 0 Å². The van der Waals surface area contributed by atoms with Gasteiger partial charge in [-0.25, -0.2) is 0 Å². The summed E-state index contributed by atoms with van der Waals surface area (Å²) in [5.74, 6) is 0.461. The van der Waals surface area contributed by atoms with E-state index in [0.29, 0.717) is 16.0 Å². The fraction of sp³-hybridized carbons (Fsp3) is 0.417. The summed E-state index contributed by atoms with van der Waals surface area (Å²) in [6.07, 6.45) is 0.787. The molecule has 0 saturated heterocycles. The normalized spacial score (nSPS) is 12.2. The van der Waals surface area contributed by atoms with Crippen LogP contribution in [-0.2, 0) is 0 Å². The van der Waals surface area contributed by atoms with Gasteiger partial charge in [-0.1, -0.05) is 37.0 Å². The van der Waals surface area contributed by atoms with Gasteiger partial charge >= 0.3 is 0 Å². The van der Waals surface area contributed by atoms with Gasteiger partial charge in [0.25, 0.3) is 0 Å². The summed E-state index contributed by atoms with van der Waals surface area (Å²) in [6, 6.07) is 7.20. The highest BCUT2D eigenvalue weighted by molar-refractivity contribution is 6.36. The molecule has 0 aliphatic carbocycles. The maximum Gasteiger partial charge on any atom is 0.114 e. The van der Waals surface area contributed by atoms with Gasteiger partial charge in [0.05, 0.1) is 16.8 Å². The number of rotatable bonds is 4. The third-order valence-corrected chi connectivity index (χ3v) is 2.67. The van der Waals surface area contributed by atoms with Crippen LogP contribution in [0.5, 0.6) is 0 Å². The first-order valence-electron chi connectivity index (χ1n) is 5.14. The largest absolute Gasteiger partial charge is 0.369 e. The van der Waals surface area contributed by atoms with Crippen LogP contribution in [0.3, 0.4) is 0 Å². The average molecular weight is 257 g/mol. The molecule has 0 spiro atoms. The van der Waals surface area contributed by atoms with E-state index in [-0.39, 0.29) is 6.04 Å². The van der Waals surface area contributed by atoms with Gasteiger partial charge in [-0.15, -0.1) is 0 Å². The topological polar surface area (TPSA) is 35.8 Å². The van der Waals surface area contributed by atoms with Gasteiger partial charge in [0.1, 0.15) is 6.04 Å². The summed E-state index contributed by atoms with van der Waals surface area (Å²) < 4.78 is 0. The highest BCUT2D eigenvalue weighted by Crippen LogP contribution is 2.26. The van der Waals surface area contributed by atoms with Crippen LogP contribution in [0.2, 0.25) is 10.0 Å². The minimum absolute atomic E-state index is 0.223. The molecule has 0 saturated carbocycles. The van der Waals surface area contributed by atoms with Crippen LogP contribution >= 0.6 is 23.2 Å². The molecule has 0 fully saturated rings. The van der Waals surface area contributed by atoms with Crippen molar-refractivity contribution >= 4 is 28.9 Å². The van der Waals surface area contributed by atoms with Crippen LogP contribution in [0.25, 0.3) is 0 Å². The highest BCUT2D eigenvalue weighted by atomic mass is 35.5. The van der Waals surface area contributed by atoms with Gasteiger partial charge < -0.3 is 5.32 Å². The van der Waals surface area contributed by atoms with Crippen molar-refractivity contribution in [1.82, 2.24) is 0 Å². The molecule has 1 aromatic rings. The molecule has 1 rings (SSSR count). The van der Waals surface area contributed by atoms with Crippen molar-refractivity contribution < 1.29 is 0 Å². The third kappa shape index (κ3) is 3.92. The Balaban J connectivity index is 2.75. The molecule has 1 aromatic carbocycles. The molecule has 0 bridgehead atoms. The first kappa shape index (κ1) is 13.2. The van der Waals surface area contributed by atoms with Crippen molar-refractivity contribution in [2.75, 3.05) is 5.32 Å². The van der Waals surface area contributed by atoms with Gasteiger partial charge in [-0.05, 0) is 30.5 Å². The number of hydrogen-bond acceptors (Lipinski definition) is 2. The van der Waals surface area contributed by atoms with E-state index < -0.39 is 0 Å². The Bertz CT molecular complexity index is 396. The van der Waals surface area contributed by atoms with Gasteiger partial charge in [0.15, 0.2) is 0 Å². The van der Waals surface area contributed by atoms with E-state index in [9.17, 15) is 0 Å². The van der Waals surface area contributed by atoms with E-state index in [4.69, 9.17) is 28.5 Å². The lowest BCUT2D eigenvalue weighted by Crippen LogP contribution is -2.19. The molecule has 2 nitrogen and oxygen atoms in total. The van der Waals surface area contributed by atoms with E-state index in [1.54, 1.807) is 18.2 Å². The summed E-state index contributed by atoms with van der Waals surface area (Å²) in [6.45, 7) is 4.16. The minimum Gasteiger partial charge on any atom is -0.369 e. The number of nitrogens with one attached hydrogen (secondary N) is 1. The molecule has 1 unspecified atom stereocenters. The number of benzene rings is 1. The van der Waals surface area contributed by atoms with Crippen LogP contribution in [-0.4, -0.2) is 6.04 Å². The van der Waals surface area contributed by atoms with Gasteiger partial charge in [0, 0.05) is 5.02 Å². The van der Waals surface area contributed by atoms with E-state index in [1.807, 2.05) is 0 Å². The van der Waals surface area contributed by atoms with Crippen molar-refractivity contribution in [3.63, 3.8) is 0 Å². The Morgan fingerprint density at radius 1 is 1.38 bits per heavy atom. The molecule has 0 amide bonds. The quantitative estimate of drug-likeness (QED) is 0.870. The molecule has 0 heterocycles. The lowest BCUT2D eigenvalue weighted by molar-refractivity contribution is 0.568. The summed E-state index contributed by atoms with van der Waals surface area (Å²) >= 11 is 11.8. The Kier molecular flexibility index (Phi) is 4.92. The second kappa shape index (κ2) is 5.98. The number of anilines is 1. The zero-order valence-electron chi connectivity index (χ0n) is 9.30. The fourth-order valence-electron chi connectivity index (χ4n) is 1.41. The maximum absolute atomic E-state index is 9.00. The second-order valence-electron chi connectivity index (χ2n) is 4.08. The van der Waals surface area contributed by atoms with Crippen molar-refractivity contribution in [3.05, 3.63) is 28.2 Å². The third-order valence-electron chi connectivity index (χ3n) is 2.12. The second-order valence-corrected chi connectivity index (χ2v) is 4.92. The van der Waals surface area contributed by atoms with Crippen molar-refractivity contribution in [2.24, 2.45) is 5.92 Å². The smallest absolute Gasteiger partial charge is 0.114 e. The van der Waals surface area contributed by atoms with Crippen LogP contribution in [0.4, 0.5) is 5.69 Å². The molecule has 0 radical (unpaired) electrons. The Hall–Kier alpha value is -0.910. The van der Waals surface area contributed by atoms with Gasteiger partial charge in [-0.3, -0.25) is 0 Å². The van der Waals surface area contributed by atoms with Crippen molar-refractivity contribution in [3.8, 4) is 6.07 Å². The predicted molar refractivity (Wildman–Crippen MR) is 68.9 cm³/mol. The summed E-state index contributed by atoms with van der Waals surface area (Å²) in [4.78, 5) is 0. The Morgan fingerprint density at radius 3 is 2.56 bits per heavy atom. The summed E-state index contributed by atoms with van der Waals surface area (Å²) in [5.41, 5.74) is 0.748. The predicted octanol–water partition coefficient (Wildman–Crippen LogP) is 4.34. The summed E-state index contributed by atoms with van der Waals surface area (Å²) in [5, 5.41) is 13.2. The van der Waals surface area contributed by atoms with E-state index in [2.05, 4.69) is 25.2 Å². The Labute approximate surface area is 106 Å². The van der Waals surface area contributed by atoms with Crippen molar-refractivity contribution in [2.45, 2.75) is 26.3 Å². The summed E-state index contributed by atoms with van der Waals surface area (Å²) in [7, 11) is 0. The lowest BCUT2D eigenvalue weighted by Gasteiger charge is -2.15. The van der Waals surface area contributed by atoms with E-state index in [1.165, 1.54) is 0 Å². The highest BCUT2D eigenvalue weighted by Gasteiger charge is 2.11. The first-order valence-corrected chi connectivity index (χ1v) is 5.89. The molecular formula is C12H14Cl2N2. The number of nitriles is 1. The molecular weight excluding hydrogens is 243 g/mol. The fourth-order valence-corrected chi connectivity index (χ4v) is 1.87. The molecule has 1 N–H and O–H groups in total. The molecule has 0 aliphatic rings. The zero-order valence-corrected chi connectivity index (χ0v) is 10.8. The first-order chi connectivity index (χ1) is 7.52. The maximum atomic E-state index is 9.00. The molecule has 16 heavy (non-hydrogen) atoms. The van der Waals surface area contributed by atoms with E-state index >= 15 is 0 Å². The molecule has 0 aliphatic heterocycles. The SMILES string of the molecule is CC(C)CC(C#N)Nc1ccc(Cl)cc1Cl. The monoisotopic (exact) mass is 256 g/mol. The number of nitrogens with zero attached hydrogens (tertiary/aromatic N) is 1. The molecule has 0 aromatic heterocycles. The zero-order chi connectivity index (χ0) is 12.1. The standard InChI is InChI=1S/C12H14Cl2N2/c1-8(2)5-10(7-15)16-12-4-3-9(13)6-11(12)14/h3-4,6,8,10,16H,5H2,1-2H3. The van der Waals surface area contributed by atoms with Crippen LogP contribution < -0.4 is 5.32 Å².